The zero-order valence-electron chi connectivity index (χ0n) is 12.6. The second-order valence-corrected chi connectivity index (χ2v) is 6.32. The molecule has 2 heterocycles. The van der Waals surface area contributed by atoms with Crippen molar-refractivity contribution in [3.8, 4) is 0 Å². The monoisotopic (exact) mass is 349 g/mol. The Balaban J connectivity index is 1.83. The van der Waals surface area contributed by atoms with Crippen LogP contribution in [0, 0.1) is 0 Å². The molecule has 1 saturated heterocycles. The maximum atomic E-state index is 12.6. The van der Waals surface area contributed by atoms with Crippen molar-refractivity contribution in [1.82, 2.24) is 4.98 Å². The van der Waals surface area contributed by atoms with Crippen molar-refractivity contribution in [2.24, 2.45) is 0 Å². The Morgan fingerprint density at radius 2 is 1.87 bits per heavy atom. The van der Waals surface area contributed by atoms with Crippen LogP contribution in [0.5, 0.6) is 0 Å². The highest BCUT2D eigenvalue weighted by molar-refractivity contribution is 6.42. The SMILES string of the molecule is O=C(Nc1ccc(Cl)c(Cl)c1)c1cccnc1N1CCCCC1. The van der Waals surface area contributed by atoms with Crippen LogP contribution >= 0.6 is 23.2 Å². The van der Waals surface area contributed by atoms with E-state index in [-0.39, 0.29) is 5.91 Å². The zero-order valence-corrected chi connectivity index (χ0v) is 14.1. The lowest BCUT2D eigenvalue weighted by molar-refractivity contribution is 0.102. The lowest BCUT2D eigenvalue weighted by atomic mass is 10.1. The average Bonchev–Trinajstić information content (AvgIpc) is 2.59. The van der Waals surface area contributed by atoms with Gasteiger partial charge in [-0.25, -0.2) is 4.98 Å². The van der Waals surface area contributed by atoms with E-state index in [1.54, 1.807) is 36.5 Å². The fraction of sp³-hybridized carbons (Fsp3) is 0.294. The Morgan fingerprint density at radius 3 is 2.61 bits per heavy atom. The van der Waals surface area contributed by atoms with E-state index in [0.717, 1.165) is 31.7 Å². The third-order valence-electron chi connectivity index (χ3n) is 3.86. The zero-order chi connectivity index (χ0) is 16.2. The number of benzene rings is 1. The number of anilines is 2. The van der Waals surface area contributed by atoms with E-state index >= 15 is 0 Å². The van der Waals surface area contributed by atoms with Crippen LogP contribution in [-0.2, 0) is 0 Å². The van der Waals surface area contributed by atoms with Crippen molar-refractivity contribution < 1.29 is 4.79 Å². The van der Waals surface area contributed by atoms with E-state index in [2.05, 4.69) is 15.2 Å². The van der Waals surface area contributed by atoms with Gasteiger partial charge in [0.25, 0.3) is 5.91 Å². The maximum Gasteiger partial charge on any atom is 0.259 e. The van der Waals surface area contributed by atoms with Gasteiger partial charge >= 0.3 is 0 Å². The van der Waals surface area contributed by atoms with E-state index in [9.17, 15) is 4.79 Å². The molecule has 6 heteroatoms. The molecule has 0 atom stereocenters. The molecule has 0 bridgehead atoms. The molecular formula is C17H17Cl2N3O. The third kappa shape index (κ3) is 3.77. The van der Waals surface area contributed by atoms with Gasteiger partial charge in [-0.1, -0.05) is 23.2 Å². The van der Waals surface area contributed by atoms with Gasteiger partial charge < -0.3 is 10.2 Å². The first kappa shape index (κ1) is 16.1. The van der Waals surface area contributed by atoms with Crippen LogP contribution in [0.3, 0.4) is 0 Å². The lowest BCUT2D eigenvalue weighted by Crippen LogP contribution is -2.32. The number of carbonyl (C=O) groups excluding carboxylic acids is 1. The minimum atomic E-state index is -0.197. The molecule has 4 nitrogen and oxygen atoms in total. The second kappa shape index (κ2) is 7.20. The molecule has 1 amide bonds. The van der Waals surface area contributed by atoms with Crippen LogP contribution in [-0.4, -0.2) is 24.0 Å². The fourth-order valence-corrected chi connectivity index (χ4v) is 3.00. The van der Waals surface area contributed by atoms with E-state index in [4.69, 9.17) is 23.2 Å². The molecule has 0 radical (unpaired) electrons. The molecule has 0 unspecified atom stereocenters. The molecule has 1 aromatic heterocycles. The molecule has 120 valence electrons. The Bertz CT molecular complexity index is 715. The standard InChI is InChI=1S/C17H17Cl2N3O/c18-14-7-6-12(11-15(14)19)21-17(23)13-5-4-8-20-16(13)22-9-2-1-3-10-22/h4-8,11H,1-3,9-10H2,(H,21,23). The molecule has 23 heavy (non-hydrogen) atoms. The summed E-state index contributed by atoms with van der Waals surface area (Å²) in [6, 6.07) is 8.59. The molecule has 0 spiro atoms. The number of amides is 1. The number of nitrogens with one attached hydrogen (secondary N) is 1. The molecule has 1 N–H and O–H groups in total. The summed E-state index contributed by atoms with van der Waals surface area (Å²) in [7, 11) is 0. The summed E-state index contributed by atoms with van der Waals surface area (Å²) < 4.78 is 0. The summed E-state index contributed by atoms with van der Waals surface area (Å²) in [5, 5.41) is 3.72. The Kier molecular flexibility index (Phi) is 5.03. The van der Waals surface area contributed by atoms with Gasteiger partial charge in [-0.2, -0.15) is 0 Å². The minimum Gasteiger partial charge on any atom is -0.356 e. The van der Waals surface area contributed by atoms with E-state index in [1.165, 1.54) is 6.42 Å². The van der Waals surface area contributed by atoms with Gasteiger partial charge in [0.2, 0.25) is 0 Å². The Morgan fingerprint density at radius 1 is 1.09 bits per heavy atom. The van der Waals surface area contributed by atoms with E-state index in [1.807, 2.05) is 0 Å². The Labute approximate surface area is 145 Å². The second-order valence-electron chi connectivity index (χ2n) is 5.51. The van der Waals surface area contributed by atoms with Crippen LogP contribution < -0.4 is 10.2 Å². The smallest absolute Gasteiger partial charge is 0.259 e. The molecule has 0 aliphatic carbocycles. The summed E-state index contributed by atoms with van der Waals surface area (Å²) in [6.45, 7) is 1.87. The van der Waals surface area contributed by atoms with Crippen molar-refractivity contribution in [2.45, 2.75) is 19.3 Å². The van der Waals surface area contributed by atoms with Crippen molar-refractivity contribution in [1.29, 1.82) is 0 Å². The normalized spacial score (nSPS) is 14.6. The van der Waals surface area contributed by atoms with Crippen molar-refractivity contribution >= 4 is 40.6 Å². The first-order valence-electron chi connectivity index (χ1n) is 7.61. The van der Waals surface area contributed by atoms with Gasteiger partial charge in [0.05, 0.1) is 15.6 Å². The van der Waals surface area contributed by atoms with Gasteiger partial charge in [-0.15, -0.1) is 0 Å². The highest BCUT2D eigenvalue weighted by atomic mass is 35.5. The van der Waals surface area contributed by atoms with Gasteiger partial charge in [0.15, 0.2) is 0 Å². The highest BCUT2D eigenvalue weighted by Crippen LogP contribution is 2.26. The number of nitrogens with zero attached hydrogens (tertiary/aromatic N) is 2. The van der Waals surface area contributed by atoms with Crippen molar-refractivity contribution in [2.75, 3.05) is 23.3 Å². The molecule has 2 aromatic rings. The van der Waals surface area contributed by atoms with Crippen LogP contribution in [0.15, 0.2) is 36.5 Å². The molecule has 1 aliphatic heterocycles. The quantitative estimate of drug-likeness (QED) is 0.878. The molecule has 1 aliphatic rings. The molecule has 1 fully saturated rings. The Hall–Kier alpha value is -1.78. The van der Waals surface area contributed by atoms with Crippen LogP contribution in [0.2, 0.25) is 10.0 Å². The van der Waals surface area contributed by atoms with Gasteiger partial charge in [0.1, 0.15) is 5.82 Å². The highest BCUT2D eigenvalue weighted by Gasteiger charge is 2.19. The number of carbonyl (C=O) groups is 1. The maximum absolute atomic E-state index is 12.6. The molecular weight excluding hydrogens is 333 g/mol. The van der Waals surface area contributed by atoms with Crippen LogP contribution in [0.1, 0.15) is 29.6 Å². The first-order valence-corrected chi connectivity index (χ1v) is 8.37. The van der Waals surface area contributed by atoms with Crippen molar-refractivity contribution in [3.05, 3.63) is 52.1 Å². The first-order chi connectivity index (χ1) is 11.1. The lowest BCUT2D eigenvalue weighted by Gasteiger charge is -2.29. The number of piperidine rings is 1. The predicted octanol–water partition coefficient (Wildman–Crippen LogP) is 4.63. The van der Waals surface area contributed by atoms with Gasteiger partial charge in [-0.05, 0) is 49.6 Å². The van der Waals surface area contributed by atoms with Crippen LogP contribution in [0.4, 0.5) is 11.5 Å². The van der Waals surface area contributed by atoms with Crippen LogP contribution in [0.25, 0.3) is 0 Å². The number of hydrogen-bond acceptors (Lipinski definition) is 3. The summed E-state index contributed by atoms with van der Waals surface area (Å²) in [6.07, 6.45) is 5.21. The number of rotatable bonds is 3. The number of hydrogen-bond donors (Lipinski definition) is 1. The predicted molar refractivity (Wildman–Crippen MR) is 94.7 cm³/mol. The average molecular weight is 350 g/mol. The molecule has 3 rings (SSSR count). The van der Waals surface area contributed by atoms with E-state index in [0.29, 0.717) is 21.3 Å². The minimum absolute atomic E-state index is 0.197. The summed E-state index contributed by atoms with van der Waals surface area (Å²) >= 11 is 11.9. The van der Waals surface area contributed by atoms with Gasteiger partial charge in [-0.3, -0.25) is 4.79 Å². The number of pyridine rings is 1. The topological polar surface area (TPSA) is 45.2 Å². The third-order valence-corrected chi connectivity index (χ3v) is 4.60. The summed E-state index contributed by atoms with van der Waals surface area (Å²) in [4.78, 5) is 19.2. The summed E-state index contributed by atoms with van der Waals surface area (Å²) in [5.74, 6) is 0.543. The number of aromatic nitrogens is 1. The largest absolute Gasteiger partial charge is 0.356 e. The fourth-order valence-electron chi connectivity index (χ4n) is 2.70. The van der Waals surface area contributed by atoms with E-state index < -0.39 is 0 Å². The summed E-state index contributed by atoms with van der Waals surface area (Å²) in [5.41, 5.74) is 1.18. The molecule has 0 saturated carbocycles. The molecule has 1 aromatic carbocycles. The van der Waals surface area contributed by atoms with Crippen molar-refractivity contribution in [3.63, 3.8) is 0 Å². The number of halogens is 2. The van der Waals surface area contributed by atoms with Gasteiger partial charge in [0, 0.05) is 25.0 Å².